The van der Waals surface area contributed by atoms with Crippen molar-refractivity contribution in [1.29, 1.82) is 0 Å². The molecule has 3 rings (SSSR count). The van der Waals surface area contributed by atoms with Gasteiger partial charge in [0.1, 0.15) is 0 Å². The van der Waals surface area contributed by atoms with Crippen LogP contribution in [0.15, 0.2) is 40.1 Å². The zero-order chi connectivity index (χ0) is 19.2. The van der Waals surface area contributed by atoms with Crippen LogP contribution in [0, 0.1) is 11.8 Å². The van der Waals surface area contributed by atoms with Gasteiger partial charge in [0, 0.05) is 12.1 Å². The van der Waals surface area contributed by atoms with E-state index in [4.69, 9.17) is 34.6 Å². The molecular weight excluding hydrogens is 391 g/mol. The van der Waals surface area contributed by atoms with Gasteiger partial charge < -0.3 is 5.32 Å². The second kappa shape index (κ2) is 9.53. The number of dihydropyridines is 1. The summed E-state index contributed by atoms with van der Waals surface area (Å²) >= 11 is -3.44. The Morgan fingerprint density at radius 2 is 1.88 bits per heavy atom. The second-order valence-electron chi connectivity index (χ2n) is 5.65. The monoisotopic (exact) mass is 412 g/mol. The summed E-state index contributed by atoms with van der Waals surface area (Å²) in [5.74, 6) is 1.09. The fourth-order valence-corrected chi connectivity index (χ4v) is 2.80. The van der Waals surface area contributed by atoms with Crippen molar-refractivity contribution in [3.8, 4) is 0 Å². The molecular formula is C14H21N2O7SV-. The molecule has 4 N–H and O–H groups in total. The van der Waals surface area contributed by atoms with Gasteiger partial charge in [0.25, 0.3) is 0 Å². The first kappa shape index (κ1) is 21.9. The third kappa shape index (κ3) is 7.74. The summed E-state index contributed by atoms with van der Waals surface area (Å²) in [6.07, 6.45) is 9.82. The van der Waals surface area contributed by atoms with Gasteiger partial charge in [-0.1, -0.05) is 36.6 Å². The van der Waals surface area contributed by atoms with Gasteiger partial charge in [-0.2, -0.15) is 8.42 Å². The Morgan fingerprint density at radius 3 is 2.44 bits per heavy atom. The molecule has 9 nitrogen and oxygen atoms in total. The van der Waals surface area contributed by atoms with Crippen LogP contribution < -0.4 is 0 Å². The molecule has 25 heavy (non-hydrogen) atoms. The van der Waals surface area contributed by atoms with E-state index < -0.39 is 26.2 Å². The first-order valence-corrected chi connectivity index (χ1v) is 10.6. The molecule has 0 bridgehead atoms. The van der Waals surface area contributed by atoms with Crippen LogP contribution in [0.5, 0.6) is 0 Å². The number of fused-ring (bicyclic) bond motifs is 2. The van der Waals surface area contributed by atoms with Crippen molar-refractivity contribution in [2.45, 2.75) is 26.3 Å². The minimum atomic E-state index is -4.67. The van der Waals surface area contributed by atoms with Gasteiger partial charge in [0.15, 0.2) is 0 Å². The molecule has 141 valence electrons. The minimum absolute atomic E-state index is 0.257. The topological polar surface area (TPSA) is 159 Å². The molecule has 0 aromatic rings. The summed E-state index contributed by atoms with van der Waals surface area (Å²) in [7, 11) is -4.67. The van der Waals surface area contributed by atoms with Crippen LogP contribution >= 0.6 is 0 Å². The molecule has 2 aliphatic heterocycles. The predicted octanol–water partition coefficient (Wildman–Crippen LogP) is 1.35. The Bertz CT molecular complexity index is 715. The van der Waals surface area contributed by atoms with E-state index in [1.807, 2.05) is 6.21 Å². The molecule has 0 fully saturated rings. The van der Waals surface area contributed by atoms with Gasteiger partial charge in [-0.3, -0.25) is 14.1 Å². The molecule has 0 amide bonds. The van der Waals surface area contributed by atoms with Crippen LogP contribution in [0.4, 0.5) is 0 Å². The first-order valence-electron chi connectivity index (χ1n) is 7.35. The summed E-state index contributed by atoms with van der Waals surface area (Å²) in [6.45, 7) is 5.45. The average molecular weight is 412 g/mol. The molecule has 3 unspecified atom stereocenters. The summed E-state index contributed by atoms with van der Waals surface area (Å²) in [4.78, 5) is 4.62. The Hall–Kier alpha value is -1.14. The van der Waals surface area contributed by atoms with E-state index in [1.165, 1.54) is 23.3 Å². The third-order valence-corrected chi connectivity index (χ3v) is 3.88. The fraction of sp³-hybridized carbons (Fsp3) is 0.500. The van der Waals surface area contributed by atoms with Gasteiger partial charge in [-0.15, -0.1) is 12.2 Å². The number of aliphatic imine (C=N–C) groups is 1. The van der Waals surface area contributed by atoms with Crippen molar-refractivity contribution in [1.82, 2.24) is 0 Å². The van der Waals surface area contributed by atoms with Crippen molar-refractivity contribution in [3.63, 3.8) is 0 Å². The van der Waals surface area contributed by atoms with Crippen LogP contribution in [0.2, 0.25) is 0 Å². The molecule has 0 saturated heterocycles. The summed E-state index contributed by atoms with van der Waals surface area (Å²) in [5, 5.41) is 4.71. The van der Waals surface area contributed by atoms with Crippen molar-refractivity contribution in [2.75, 3.05) is 6.54 Å². The van der Waals surface area contributed by atoms with E-state index in [9.17, 15) is 0 Å². The second-order valence-corrected chi connectivity index (χ2v) is 7.34. The zero-order valence-electron chi connectivity index (χ0n) is 13.7. The number of hydrogen-bond donors (Lipinski definition) is 4. The number of rotatable bonds is 0. The number of hydrogen-bond acceptors (Lipinski definition) is 4. The molecule has 0 saturated carbocycles. The van der Waals surface area contributed by atoms with Crippen molar-refractivity contribution >= 4 is 16.6 Å². The van der Waals surface area contributed by atoms with Crippen LogP contribution in [0.1, 0.15) is 20.3 Å². The normalized spacial score (nSPS) is 26.6. The fourth-order valence-electron chi connectivity index (χ4n) is 2.80. The molecule has 0 aromatic carbocycles. The maximum atomic E-state index is 8.78. The van der Waals surface area contributed by atoms with E-state index in [1.54, 1.807) is 0 Å². The van der Waals surface area contributed by atoms with Crippen molar-refractivity contribution in [3.05, 3.63) is 40.4 Å². The Kier molecular flexibility index (Phi) is 8.35. The molecule has 0 aromatic heterocycles. The predicted molar refractivity (Wildman–Crippen MR) is 87.0 cm³/mol. The standard InChI is InChI=1S/C14H17N2.H2O4S.2H2O.O.V/c1-9-5-7-15-13-11(9)3-4-12-10(2)6-8-16-14(12)13;1-5(2,3)4;;;;/h3-5,7,10-11,13H,6,8H2,1-2H3;(H2,1,2,3,4);2*1H2;;/q-1;;;;;+2/p-2. The van der Waals surface area contributed by atoms with E-state index in [0.29, 0.717) is 11.8 Å². The molecule has 3 atom stereocenters. The van der Waals surface area contributed by atoms with Gasteiger partial charge in [-0.25, -0.2) is 0 Å². The quantitative estimate of drug-likeness (QED) is 0.437. The van der Waals surface area contributed by atoms with E-state index in [0.717, 1.165) is 6.54 Å². The first-order chi connectivity index (χ1) is 11.5. The van der Waals surface area contributed by atoms with Gasteiger partial charge in [-0.05, 0) is 18.9 Å². The molecule has 0 spiro atoms. The molecule has 1 aliphatic carbocycles. The van der Waals surface area contributed by atoms with E-state index >= 15 is 0 Å². The number of nitrogens with zero attached hydrogens (tertiary/aromatic N) is 2. The Balaban J connectivity index is 0.000000293. The molecule has 3 aliphatic rings. The van der Waals surface area contributed by atoms with Gasteiger partial charge in [0.05, 0.1) is 6.04 Å². The van der Waals surface area contributed by atoms with E-state index in [-0.39, 0.29) is 6.04 Å². The Morgan fingerprint density at radius 1 is 1.32 bits per heavy atom. The van der Waals surface area contributed by atoms with Gasteiger partial charge >= 0.3 is 37.9 Å². The van der Waals surface area contributed by atoms with Crippen molar-refractivity contribution < 1.29 is 45.1 Å². The summed E-state index contributed by atoms with van der Waals surface area (Å²) < 4.78 is 54.8. The maximum absolute atomic E-state index is 8.78. The zero-order valence-corrected chi connectivity index (χ0v) is 15.9. The molecule has 0 radical (unpaired) electrons. The van der Waals surface area contributed by atoms with E-state index in [2.05, 4.69) is 37.1 Å². The summed E-state index contributed by atoms with van der Waals surface area (Å²) in [6, 6.07) is 0.257. The molecule has 2 heterocycles. The molecule has 11 heteroatoms. The average Bonchev–Trinajstić information content (AvgIpc) is 2.45. The van der Waals surface area contributed by atoms with Crippen LogP contribution in [-0.2, 0) is 29.9 Å². The van der Waals surface area contributed by atoms with Crippen molar-refractivity contribution in [2.24, 2.45) is 16.8 Å². The van der Waals surface area contributed by atoms with Crippen LogP contribution in [0.3, 0.4) is 0 Å². The van der Waals surface area contributed by atoms with Crippen LogP contribution in [-0.4, -0.2) is 44.4 Å². The van der Waals surface area contributed by atoms with Gasteiger partial charge in [0.2, 0.25) is 0 Å². The third-order valence-electron chi connectivity index (χ3n) is 3.88. The summed E-state index contributed by atoms with van der Waals surface area (Å²) in [5.41, 5.74) is 4.06. The SMILES string of the molecule is CC1=CC=NC2C3=C(C=CC12)C(C)CC[N-]3.O=S(=O)(O)O.[O]=[V]([OH])[OH]. The van der Waals surface area contributed by atoms with Crippen LogP contribution in [0.25, 0.3) is 5.32 Å². The number of allylic oxidation sites excluding steroid dienone is 3. The Labute approximate surface area is 151 Å².